The normalized spacial score (nSPS) is 20.2. The van der Waals surface area contributed by atoms with E-state index in [1.54, 1.807) is 0 Å². The van der Waals surface area contributed by atoms with E-state index in [0.29, 0.717) is 11.8 Å². The molecule has 2 nitrogen and oxygen atoms in total. The molecule has 2 heteroatoms. The van der Waals surface area contributed by atoms with Crippen molar-refractivity contribution in [1.82, 2.24) is 0 Å². The predicted molar refractivity (Wildman–Crippen MR) is 223 cm³/mol. The molecule has 10 rings (SSSR count). The highest BCUT2D eigenvalue weighted by atomic mass is 15.2. The van der Waals surface area contributed by atoms with E-state index in [1.807, 2.05) is 0 Å². The Morgan fingerprint density at radius 2 is 1.04 bits per heavy atom. The highest BCUT2D eigenvalue weighted by molar-refractivity contribution is 5.94. The average molecular weight is 687 g/mol. The number of hydrogen-bond donors (Lipinski definition) is 0. The van der Waals surface area contributed by atoms with Crippen molar-refractivity contribution in [2.45, 2.75) is 63.7 Å². The van der Waals surface area contributed by atoms with Crippen LogP contribution in [0.25, 0.3) is 11.1 Å². The number of hydrogen-bond acceptors (Lipinski definition) is 2. The van der Waals surface area contributed by atoms with Crippen molar-refractivity contribution in [2.75, 3.05) is 9.80 Å². The summed E-state index contributed by atoms with van der Waals surface area (Å²) in [5, 5.41) is 0. The van der Waals surface area contributed by atoms with Gasteiger partial charge < -0.3 is 9.80 Å². The van der Waals surface area contributed by atoms with Gasteiger partial charge in [-0.15, -0.1) is 0 Å². The highest BCUT2D eigenvalue weighted by Crippen LogP contribution is 2.61. The van der Waals surface area contributed by atoms with Gasteiger partial charge in [0.15, 0.2) is 0 Å². The Bertz CT molecular complexity index is 2500. The molecular weight excluding hydrogens is 641 g/mol. The summed E-state index contributed by atoms with van der Waals surface area (Å²) in [5.74, 6) is 0.882. The Hall–Kier alpha value is -5.60. The van der Waals surface area contributed by atoms with Crippen LogP contribution in [0.1, 0.15) is 80.8 Å². The van der Waals surface area contributed by atoms with Crippen LogP contribution in [0.2, 0.25) is 0 Å². The Morgan fingerprint density at radius 3 is 1.79 bits per heavy atom. The van der Waals surface area contributed by atoms with Gasteiger partial charge in [-0.1, -0.05) is 151 Å². The average Bonchev–Trinajstić information content (AvgIpc) is 3.41. The van der Waals surface area contributed by atoms with Crippen LogP contribution in [0.15, 0.2) is 158 Å². The van der Waals surface area contributed by atoms with Crippen LogP contribution in [-0.4, -0.2) is 0 Å². The third kappa shape index (κ3) is 4.51. The molecule has 0 N–H and O–H groups in total. The fraction of sp³-hybridized carbons (Fsp3) is 0.216. The van der Waals surface area contributed by atoms with E-state index in [4.69, 9.17) is 0 Å². The van der Waals surface area contributed by atoms with E-state index < -0.39 is 0 Å². The number of fused-ring (bicyclic) bond motifs is 7. The summed E-state index contributed by atoms with van der Waals surface area (Å²) < 4.78 is 0. The molecule has 2 unspecified atom stereocenters. The summed E-state index contributed by atoms with van der Waals surface area (Å²) in [6.07, 6.45) is 9.26. The standard InChI is InChI=1S/C51H46N2/c1-49(2)40-18-11-10-17-38(40)39-29-27-36(31-44(39)49)52(35-25-23-34(24-26-35)33-15-8-7-9-16-33)37-28-30-47-45(32-37)51(5,6)43-21-14-20-42-48(43)53(47)46-22-13-12-19-41(46)50(42,3)4/h7-32,38,40H,1-6H3. The third-order valence-corrected chi connectivity index (χ3v) is 13.1. The largest absolute Gasteiger partial charge is 0.310 e. The lowest BCUT2D eigenvalue weighted by Gasteiger charge is -2.49. The zero-order chi connectivity index (χ0) is 36.3. The van der Waals surface area contributed by atoms with Crippen molar-refractivity contribution in [3.05, 3.63) is 191 Å². The minimum Gasteiger partial charge on any atom is -0.310 e. The van der Waals surface area contributed by atoms with Crippen molar-refractivity contribution in [1.29, 1.82) is 0 Å². The van der Waals surface area contributed by atoms with Gasteiger partial charge in [-0.25, -0.2) is 0 Å². The first kappa shape index (κ1) is 32.1. The first-order valence-electron chi connectivity index (χ1n) is 19.2. The van der Waals surface area contributed by atoms with E-state index in [9.17, 15) is 0 Å². The molecule has 53 heavy (non-hydrogen) atoms. The quantitative estimate of drug-likeness (QED) is 0.182. The molecule has 0 amide bonds. The van der Waals surface area contributed by atoms with Crippen molar-refractivity contribution in [3.63, 3.8) is 0 Å². The van der Waals surface area contributed by atoms with Crippen molar-refractivity contribution < 1.29 is 0 Å². The molecular formula is C51H46N2. The van der Waals surface area contributed by atoms with Crippen molar-refractivity contribution >= 4 is 34.1 Å². The summed E-state index contributed by atoms with van der Waals surface area (Å²) in [4.78, 5) is 5.03. The number of para-hydroxylation sites is 2. The van der Waals surface area contributed by atoms with E-state index in [0.717, 1.165) is 5.69 Å². The fourth-order valence-electron chi connectivity index (χ4n) is 10.2. The van der Waals surface area contributed by atoms with Crippen LogP contribution in [0.3, 0.4) is 0 Å². The Kier molecular flexibility index (Phi) is 6.78. The topological polar surface area (TPSA) is 6.48 Å². The lowest BCUT2D eigenvalue weighted by atomic mass is 9.66. The van der Waals surface area contributed by atoms with Gasteiger partial charge in [0, 0.05) is 33.8 Å². The Labute approximate surface area is 314 Å². The van der Waals surface area contributed by atoms with Gasteiger partial charge in [-0.2, -0.15) is 0 Å². The van der Waals surface area contributed by atoms with E-state index in [1.165, 1.54) is 72.9 Å². The SMILES string of the molecule is CC1(C)c2ccccc2N2c3ccc(N(c4ccc(-c5ccccc5)cc4)c4ccc5c(c4)C(C)(C)C4C=CC=CC54)cc3C(C)(C)c3cccc1c32. The van der Waals surface area contributed by atoms with Crippen LogP contribution < -0.4 is 9.80 Å². The molecule has 2 heterocycles. The second kappa shape index (κ2) is 11.2. The first-order valence-corrected chi connectivity index (χ1v) is 19.2. The van der Waals surface area contributed by atoms with Crippen LogP contribution in [0.5, 0.6) is 0 Å². The molecule has 0 saturated heterocycles. The number of allylic oxidation sites excluding steroid dienone is 4. The number of nitrogens with zero attached hydrogens (tertiary/aromatic N) is 2. The maximum atomic E-state index is 2.55. The summed E-state index contributed by atoms with van der Waals surface area (Å²) in [6, 6.07) is 50.2. The van der Waals surface area contributed by atoms with E-state index in [2.05, 4.69) is 209 Å². The summed E-state index contributed by atoms with van der Waals surface area (Å²) in [7, 11) is 0. The van der Waals surface area contributed by atoms with Crippen LogP contribution in [-0.2, 0) is 16.2 Å². The molecule has 2 aliphatic heterocycles. The molecule has 0 bridgehead atoms. The molecule has 0 fully saturated rings. The van der Waals surface area contributed by atoms with Gasteiger partial charge in [0.1, 0.15) is 0 Å². The molecule has 0 saturated carbocycles. The molecule has 6 aromatic rings. The van der Waals surface area contributed by atoms with Gasteiger partial charge in [0.05, 0.1) is 17.1 Å². The first-order chi connectivity index (χ1) is 25.6. The third-order valence-electron chi connectivity index (χ3n) is 13.1. The van der Waals surface area contributed by atoms with Gasteiger partial charge in [0.25, 0.3) is 0 Å². The van der Waals surface area contributed by atoms with Crippen LogP contribution in [0, 0.1) is 5.92 Å². The molecule has 260 valence electrons. The molecule has 2 atom stereocenters. The van der Waals surface area contributed by atoms with E-state index >= 15 is 0 Å². The second-order valence-corrected chi connectivity index (χ2v) is 17.1. The molecule has 0 aromatic heterocycles. The van der Waals surface area contributed by atoms with Gasteiger partial charge in [-0.05, 0) is 104 Å². The zero-order valence-corrected chi connectivity index (χ0v) is 31.6. The lowest BCUT2D eigenvalue weighted by Crippen LogP contribution is -2.38. The molecule has 0 spiro atoms. The van der Waals surface area contributed by atoms with Crippen LogP contribution >= 0.6 is 0 Å². The molecule has 0 radical (unpaired) electrons. The van der Waals surface area contributed by atoms with Crippen molar-refractivity contribution in [3.8, 4) is 11.1 Å². The zero-order valence-electron chi connectivity index (χ0n) is 31.6. The molecule has 6 aromatic carbocycles. The smallest absolute Gasteiger partial charge is 0.0543 e. The van der Waals surface area contributed by atoms with Crippen LogP contribution in [0.4, 0.5) is 34.1 Å². The summed E-state index contributed by atoms with van der Waals surface area (Å²) in [6.45, 7) is 14.4. The number of anilines is 6. The monoisotopic (exact) mass is 686 g/mol. The Morgan fingerprint density at radius 1 is 0.472 bits per heavy atom. The van der Waals surface area contributed by atoms with Gasteiger partial charge in [0.2, 0.25) is 0 Å². The summed E-state index contributed by atoms with van der Waals surface area (Å²) >= 11 is 0. The minimum atomic E-state index is -0.216. The van der Waals surface area contributed by atoms with E-state index in [-0.39, 0.29) is 16.2 Å². The Balaban J connectivity index is 1.17. The lowest BCUT2D eigenvalue weighted by molar-refractivity contribution is 0.394. The number of rotatable bonds is 4. The predicted octanol–water partition coefficient (Wildman–Crippen LogP) is 13.7. The highest BCUT2D eigenvalue weighted by Gasteiger charge is 2.46. The molecule has 4 aliphatic rings. The number of benzene rings is 6. The minimum absolute atomic E-state index is 0.0226. The maximum absolute atomic E-state index is 2.55. The maximum Gasteiger partial charge on any atom is 0.0543 e. The fourth-order valence-corrected chi connectivity index (χ4v) is 10.2. The van der Waals surface area contributed by atoms with Gasteiger partial charge in [-0.3, -0.25) is 0 Å². The molecule has 2 aliphatic carbocycles. The van der Waals surface area contributed by atoms with Gasteiger partial charge >= 0.3 is 0 Å². The van der Waals surface area contributed by atoms with Crippen molar-refractivity contribution in [2.24, 2.45) is 5.92 Å². The second-order valence-electron chi connectivity index (χ2n) is 17.1. The summed E-state index contributed by atoms with van der Waals surface area (Å²) in [5.41, 5.74) is 17.9.